The maximum absolute atomic E-state index is 8.83. The van der Waals surface area contributed by atoms with Gasteiger partial charge in [-0.2, -0.15) is 0 Å². The van der Waals surface area contributed by atoms with Crippen LogP contribution in [0, 0.1) is 0 Å². The smallest absolute Gasteiger partial charge is 0.173 e. The van der Waals surface area contributed by atoms with E-state index in [1.54, 1.807) is 18.3 Å². The van der Waals surface area contributed by atoms with E-state index in [0.29, 0.717) is 17.9 Å². The minimum absolute atomic E-state index is 0.0502. The van der Waals surface area contributed by atoms with Gasteiger partial charge in [-0.3, -0.25) is 0 Å². The lowest BCUT2D eigenvalue weighted by molar-refractivity contribution is 0.318. The monoisotopic (exact) mass is 334 g/mol. The molecular formula is C14H15BrN4O. The summed E-state index contributed by atoms with van der Waals surface area (Å²) in [6.07, 6.45) is 1.68. The molecule has 0 amide bonds. The zero-order valence-electron chi connectivity index (χ0n) is 11.0. The lowest BCUT2D eigenvalue weighted by Crippen LogP contribution is -2.23. The van der Waals surface area contributed by atoms with E-state index in [2.05, 4.69) is 26.1 Å². The minimum Gasteiger partial charge on any atom is -0.409 e. The molecule has 1 aromatic heterocycles. The van der Waals surface area contributed by atoms with Crippen LogP contribution in [0.2, 0.25) is 0 Å². The molecule has 0 atom stereocenters. The Bertz CT molecular complexity index is 630. The molecule has 0 bridgehead atoms. The highest BCUT2D eigenvalue weighted by Crippen LogP contribution is 2.19. The van der Waals surface area contributed by atoms with E-state index in [0.717, 1.165) is 10.0 Å². The molecule has 0 saturated heterocycles. The van der Waals surface area contributed by atoms with Crippen molar-refractivity contribution in [3.8, 4) is 0 Å². The summed E-state index contributed by atoms with van der Waals surface area (Å²) in [6, 6.07) is 11.6. The van der Waals surface area contributed by atoms with Crippen molar-refractivity contribution in [2.75, 3.05) is 11.9 Å². The quantitative estimate of drug-likeness (QED) is 0.390. The molecule has 2 aromatic rings. The van der Waals surface area contributed by atoms with Crippen molar-refractivity contribution >= 4 is 27.6 Å². The molecule has 0 radical (unpaired) electrons. The summed E-state index contributed by atoms with van der Waals surface area (Å²) in [7, 11) is 1.91. The molecule has 0 spiro atoms. The van der Waals surface area contributed by atoms with Crippen molar-refractivity contribution in [3.05, 3.63) is 58.2 Å². The molecule has 104 valence electrons. The molecule has 0 saturated carbocycles. The van der Waals surface area contributed by atoms with Gasteiger partial charge in [0, 0.05) is 24.3 Å². The Morgan fingerprint density at radius 1 is 1.40 bits per heavy atom. The Hall–Kier alpha value is -2.08. The summed E-state index contributed by atoms with van der Waals surface area (Å²) in [4.78, 5) is 6.26. The number of hydrogen-bond acceptors (Lipinski definition) is 4. The molecule has 3 N–H and O–H groups in total. The maximum Gasteiger partial charge on any atom is 0.173 e. The molecule has 2 rings (SSSR count). The van der Waals surface area contributed by atoms with Crippen LogP contribution in [0.1, 0.15) is 11.1 Å². The summed E-state index contributed by atoms with van der Waals surface area (Å²) in [6.45, 7) is 0.669. The van der Waals surface area contributed by atoms with Crippen LogP contribution < -0.4 is 10.6 Å². The summed E-state index contributed by atoms with van der Waals surface area (Å²) in [5, 5.41) is 11.9. The van der Waals surface area contributed by atoms with E-state index in [1.807, 2.05) is 36.2 Å². The van der Waals surface area contributed by atoms with Crippen molar-refractivity contribution in [3.63, 3.8) is 0 Å². The van der Waals surface area contributed by atoms with Crippen molar-refractivity contribution in [2.24, 2.45) is 10.9 Å². The van der Waals surface area contributed by atoms with Gasteiger partial charge in [0.05, 0.1) is 5.56 Å². The molecule has 6 heteroatoms. The second-order valence-corrected chi connectivity index (χ2v) is 5.26. The number of rotatable bonds is 4. The van der Waals surface area contributed by atoms with Gasteiger partial charge in [-0.05, 0) is 29.8 Å². The fourth-order valence-corrected chi connectivity index (χ4v) is 2.39. The van der Waals surface area contributed by atoms with Gasteiger partial charge in [0.1, 0.15) is 5.82 Å². The van der Waals surface area contributed by atoms with E-state index >= 15 is 0 Å². The molecule has 0 aliphatic carbocycles. The predicted octanol–water partition coefficient (Wildman–Crippen LogP) is 2.57. The van der Waals surface area contributed by atoms with E-state index < -0.39 is 0 Å². The number of nitrogens with zero attached hydrogens (tertiary/aromatic N) is 3. The van der Waals surface area contributed by atoms with Crippen LogP contribution >= 0.6 is 15.9 Å². The molecule has 5 nitrogen and oxygen atoms in total. The average molecular weight is 335 g/mol. The van der Waals surface area contributed by atoms with Gasteiger partial charge in [-0.25, -0.2) is 4.98 Å². The Morgan fingerprint density at radius 3 is 2.90 bits per heavy atom. The predicted molar refractivity (Wildman–Crippen MR) is 83.0 cm³/mol. The molecule has 1 heterocycles. The van der Waals surface area contributed by atoms with Crippen LogP contribution in [0.3, 0.4) is 0 Å². The van der Waals surface area contributed by atoms with Gasteiger partial charge < -0.3 is 15.8 Å². The summed E-state index contributed by atoms with van der Waals surface area (Å²) in [5.74, 6) is 0.719. The topological polar surface area (TPSA) is 74.7 Å². The Morgan fingerprint density at radius 2 is 2.20 bits per heavy atom. The molecule has 0 unspecified atom stereocenters. The minimum atomic E-state index is 0.0502. The van der Waals surface area contributed by atoms with Gasteiger partial charge in [-0.1, -0.05) is 33.2 Å². The third-order valence-electron chi connectivity index (χ3n) is 2.84. The molecule has 0 fully saturated rings. The summed E-state index contributed by atoms with van der Waals surface area (Å²) in [5.41, 5.74) is 7.42. The molecular weight excluding hydrogens is 320 g/mol. The van der Waals surface area contributed by atoms with E-state index in [4.69, 9.17) is 10.9 Å². The normalized spacial score (nSPS) is 11.4. The zero-order chi connectivity index (χ0) is 14.5. The lowest BCUT2D eigenvalue weighted by atomic mass is 10.2. The molecule has 20 heavy (non-hydrogen) atoms. The zero-order valence-corrected chi connectivity index (χ0v) is 12.6. The molecule has 0 aliphatic heterocycles. The van der Waals surface area contributed by atoms with Crippen LogP contribution in [-0.4, -0.2) is 23.1 Å². The van der Waals surface area contributed by atoms with E-state index in [-0.39, 0.29) is 5.84 Å². The first-order valence-electron chi connectivity index (χ1n) is 6.00. The number of oxime groups is 1. The number of amidine groups is 1. The maximum atomic E-state index is 8.83. The number of hydrogen-bond donors (Lipinski definition) is 2. The summed E-state index contributed by atoms with van der Waals surface area (Å²) < 4.78 is 1.03. The number of nitrogens with two attached hydrogens (primary N) is 1. The second kappa shape index (κ2) is 6.38. The van der Waals surface area contributed by atoms with Crippen molar-refractivity contribution in [2.45, 2.75) is 6.54 Å². The van der Waals surface area contributed by atoms with Crippen LogP contribution in [0.4, 0.5) is 5.82 Å². The van der Waals surface area contributed by atoms with Crippen LogP contribution in [0.5, 0.6) is 0 Å². The Kier molecular flexibility index (Phi) is 4.57. The largest absolute Gasteiger partial charge is 0.409 e. The SMILES string of the molecule is CN(Cc1cccc(Br)c1)c1ncccc1C(N)=NO. The van der Waals surface area contributed by atoms with Crippen LogP contribution in [0.25, 0.3) is 0 Å². The number of benzene rings is 1. The van der Waals surface area contributed by atoms with Crippen LogP contribution in [-0.2, 0) is 6.54 Å². The van der Waals surface area contributed by atoms with Crippen molar-refractivity contribution in [1.82, 2.24) is 4.98 Å². The fourth-order valence-electron chi connectivity index (χ4n) is 1.94. The van der Waals surface area contributed by atoms with Gasteiger partial charge in [-0.15, -0.1) is 0 Å². The Balaban J connectivity index is 2.28. The first-order chi connectivity index (χ1) is 9.61. The molecule has 1 aromatic carbocycles. The first kappa shape index (κ1) is 14.3. The number of anilines is 1. The van der Waals surface area contributed by atoms with Crippen LogP contribution in [0.15, 0.2) is 52.2 Å². The third kappa shape index (κ3) is 3.27. The van der Waals surface area contributed by atoms with Gasteiger partial charge in [0.15, 0.2) is 5.84 Å². The van der Waals surface area contributed by atoms with E-state index in [1.165, 1.54) is 0 Å². The van der Waals surface area contributed by atoms with E-state index in [9.17, 15) is 0 Å². The second-order valence-electron chi connectivity index (χ2n) is 4.35. The fraction of sp³-hybridized carbons (Fsp3) is 0.143. The standard InChI is InChI=1S/C14H15BrN4O/c1-19(9-10-4-2-5-11(15)8-10)14-12(13(16)18-20)6-3-7-17-14/h2-8,20H,9H2,1H3,(H2,16,18). The lowest BCUT2D eigenvalue weighted by Gasteiger charge is -2.20. The van der Waals surface area contributed by atoms with Gasteiger partial charge >= 0.3 is 0 Å². The highest BCUT2D eigenvalue weighted by molar-refractivity contribution is 9.10. The number of aromatic nitrogens is 1. The van der Waals surface area contributed by atoms with Crippen molar-refractivity contribution < 1.29 is 5.21 Å². The van der Waals surface area contributed by atoms with Gasteiger partial charge in [0.25, 0.3) is 0 Å². The number of pyridine rings is 1. The first-order valence-corrected chi connectivity index (χ1v) is 6.79. The average Bonchev–Trinajstić information content (AvgIpc) is 2.46. The molecule has 0 aliphatic rings. The Labute approximate surface area is 125 Å². The van der Waals surface area contributed by atoms with Gasteiger partial charge in [0.2, 0.25) is 0 Å². The highest BCUT2D eigenvalue weighted by Gasteiger charge is 2.12. The summed E-state index contributed by atoms with van der Waals surface area (Å²) >= 11 is 3.45. The highest BCUT2D eigenvalue weighted by atomic mass is 79.9. The third-order valence-corrected chi connectivity index (χ3v) is 3.33. The number of halogens is 1. The van der Waals surface area contributed by atoms with Crippen molar-refractivity contribution in [1.29, 1.82) is 0 Å².